The van der Waals surface area contributed by atoms with E-state index in [0.29, 0.717) is 0 Å². The summed E-state index contributed by atoms with van der Waals surface area (Å²) in [6.45, 7) is 1.86. The largest absolute Gasteiger partial charge is 0.284 e. The smallest absolute Gasteiger partial charge is 0.278 e. The van der Waals surface area contributed by atoms with Crippen LogP contribution in [0, 0.1) is 17.0 Å². The van der Waals surface area contributed by atoms with E-state index in [2.05, 4.69) is 36.6 Å². The van der Waals surface area contributed by atoms with Gasteiger partial charge in [0.15, 0.2) is 0 Å². The molecule has 0 spiro atoms. The van der Waals surface area contributed by atoms with Gasteiger partial charge < -0.3 is 0 Å². The SMILES string of the molecule is Cc1ccc(S(=O)(=O)Nc2cc(Br)c([N+](=O)[O-])cc2Br)cc1. The first kappa shape index (κ1) is 16.9. The molecule has 0 bridgehead atoms. The van der Waals surface area contributed by atoms with Crippen molar-refractivity contribution in [2.45, 2.75) is 11.8 Å². The molecule has 0 amide bonds. The van der Waals surface area contributed by atoms with E-state index in [4.69, 9.17) is 0 Å². The molecule has 0 saturated carbocycles. The topological polar surface area (TPSA) is 89.3 Å². The maximum Gasteiger partial charge on any atom is 0.284 e. The van der Waals surface area contributed by atoms with Gasteiger partial charge in [0.05, 0.1) is 20.0 Å². The highest BCUT2D eigenvalue weighted by atomic mass is 79.9. The zero-order valence-corrected chi connectivity index (χ0v) is 15.2. The van der Waals surface area contributed by atoms with Crippen LogP contribution in [0.1, 0.15) is 5.56 Å². The van der Waals surface area contributed by atoms with E-state index >= 15 is 0 Å². The molecule has 0 heterocycles. The molecule has 0 atom stereocenters. The summed E-state index contributed by atoms with van der Waals surface area (Å²) in [5.41, 5.74) is 0.987. The minimum atomic E-state index is -3.77. The van der Waals surface area contributed by atoms with Crippen molar-refractivity contribution < 1.29 is 13.3 Å². The van der Waals surface area contributed by atoms with Gasteiger partial charge in [0.25, 0.3) is 15.7 Å². The second-order valence-electron chi connectivity index (χ2n) is 4.46. The highest BCUT2D eigenvalue weighted by Crippen LogP contribution is 2.35. The minimum Gasteiger partial charge on any atom is -0.278 e. The summed E-state index contributed by atoms with van der Waals surface area (Å²) in [5.74, 6) is 0. The Labute approximate surface area is 144 Å². The molecule has 0 radical (unpaired) electrons. The quantitative estimate of drug-likeness (QED) is 0.558. The Balaban J connectivity index is 2.40. The number of halogens is 2. The van der Waals surface area contributed by atoms with Crippen LogP contribution >= 0.6 is 31.9 Å². The predicted octanol–water partition coefficient (Wildman–Crippen LogP) is 4.23. The number of nitrogens with one attached hydrogen (secondary N) is 1. The van der Waals surface area contributed by atoms with Crippen LogP contribution in [0.15, 0.2) is 50.2 Å². The summed E-state index contributed by atoms with van der Waals surface area (Å²) >= 11 is 6.19. The van der Waals surface area contributed by atoms with Crippen LogP contribution in [0.4, 0.5) is 11.4 Å². The number of aryl methyl sites for hydroxylation is 1. The van der Waals surface area contributed by atoms with Crippen LogP contribution in [-0.4, -0.2) is 13.3 Å². The molecule has 2 aromatic carbocycles. The van der Waals surface area contributed by atoms with E-state index in [1.165, 1.54) is 24.3 Å². The molecule has 0 aliphatic carbocycles. The van der Waals surface area contributed by atoms with E-state index in [1.807, 2.05) is 6.92 Å². The average Bonchev–Trinajstić information content (AvgIpc) is 2.42. The fourth-order valence-corrected chi connectivity index (χ4v) is 3.80. The monoisotopic (exact) mass is 448 g/mol. The van der Waals surface area contributed by atoms with Crippen molar-refractivity contribution >= 4 is 53.3 Å². The zero-order chi connectivity index (χ0) is 16.5. The Kier molecular flexibility index (Phi) is 4.88. The molecular formula is C13H10Br2N2O4S. The van der Waals surface area contributed by atoms with Crippen LogP contribution in [0.5, 0.6) is 0 Å². The highest BCUT2D eigenvalue weighted by molar-refractivity contribution is 9.11. The van der Waals surface area contributed by atoms with E-state index in [0.717, 1.165) is 5.56 Å². The first-order chi connectivity index (χ1) is 10.2. The van der Waals surface area contributed by atoms with Gasteiger partial charge in [-0.1, -0.05) is 17.7 Å². The maximum atomic E-state index is 12.3. The van der Waals surface area contributed by atoms with Crippen molar-refractivity contribution in [2.75, 3.05) is 4.72 Å². The second kappa shape index (κ2) is 6.35. The summed E-state index contributed by atoms with van der Waals surface area (Å²) in [5, 5.41) is 10.8. The summed E-state index contributed by atoms with van der Waals surface area (Å²) in [6, 6.07) is 8.94. The summed E-state index contributed by atoms with van der Waals surface area (Å²) in [6.07, 6.45) is 0. The standard InChI is InChI=1S/C13H10Br2N2O4S/c1-8-2-4-9(5-3-8)22(20,21)16-12-6-11(15)13(17(18)19)7-10(12)14/h2-7,16H,1H3. The Bertz CT molecular complexity index is 836. The highest BCUT2D eigenvalue weighted by Gasteiger charge is 2.20. The van der Waals surface area contributed by atoms with Crippen LogP contribution < -0.4 is 4.72 Å². The molecule has 0 unspecified atom stereocenters. The predicted molar refractivity (Wildman–Crippen MR) is 90.5 cm³/mol. The second-order valence-corrected chi connectivity index (χ2v) is 7.85. The Morgan fingerprint density at radius 3 is 2.23 bits per heavy atom. The molecule has 0 aromatic heterocycles. The van der Waals surface area contributed by atoms with Crippen LogP contribution in [-0.2, 0) is 10.0 Å². The lowest BCUT2D eigenvalue weighted by Crippen LogP contribution is -2.13. The van der Waals surface area contributed by atoms with Crippen LogP contribution in [0.25, 0.3) is 0 Å². The summed E-state index contributed by atoms with van der Waals surface area (Å²) < 4.78 is 27.5. The van der Waals surface area contributed by atoms with Gasteiger partial charge in [0, 0.05) is 10.5 Å². The number of benzene rings is 2. The third kappa shape index (κ3) is 3.65. The number of anilines is 1. The Morgan fingerprint density at radius 2 is 1.68 bits per heavy atom. The molecule has 6 nitrogen and oxygen atoms in total. The minimum absolute atomic E-state index is 0.111. The molecule has 0 saturated heterocycles. The first-order valence-corrected chi connectivity index (χ1v) is 9.00. The fourth-order valence-electron chi connectivity index (χ4n) is 1.68. The van der Waals surface area contributed by atoms with E-state index < -0.39 is 14.9 Å². The number of nitro benzene ring substituents is 1. The first-order valence-electron chi connectivity index (χ1n) is 5.93. The van der Waals surface area contributed by atoms with Gasteiger partial charge in [-0.2, -0.15) is 0 Å². The molecule has 0 aliphatic rings. The van der Waals surface area contributed by atoms with Gasteiger partial charge >= 0.3 is 0 Å². The number of hydrogen-bond donors (Lipinski definition) is 1. The number of sulfonamides is 1. The lowest BCUT2D eigenvalue weighted by atomic mass is 10.2. The number of nitrogens with zero attached hydrogens (tertiary/aromatic N) is 1. The molecule has 116 valence electrons. The van der Waals surface area contributed by atoms with Gasteiger partial charge in [0.1, 0.15) is 0 Å². The maximum absolute atomic E-state index is 12.3. The van der Waals surface area contributed by atoms with Crippen molar-refractivity contribution in [1.82, 2.24) is 0 Å². The fraction of sp³-hybridized carbons (Fsp3) is 0.0769. The third-order valence-electron chi connectivity index (χ3n) is 2.81. The van der Waals surface area contributed by atoms with Crippen molar-refractivity contribution in [3.63, 3.8) is 0 Å². The number of nitro groups is 1. The summed E-state index contributed by atoms with van der Waals surface area (Å²) in [7, 11) is -3.77. The van der Waals surface area contributed by atoms with Crippen molar-refractivity contribution in [3.05, 3.63) is 61.0 Å². The van der Waals surface area contributed by atoms with Gasteiger partial charge in [-0.15, -0.1) is 0 Å². The van der Waals surface area contributed by atoms with Crippen LogP contribution in [0.2, 0.25) is 0 Å². The molecule has 22 heavy (non-hydrogen) atoms. The zero-order valence-electron chi connectivity index (χ0n) is 11.2. The number of hydrogen-bond acceptors (Lipinski definition) is 4. The molecule has 2 aromatic rings. The Hall–Kier alpha value is -1.45. The molecular weight excluding hydrogens is 440 g/mol. The van der Waals surface area contributed by atoms with Gasteiger partial charge in [0.2, 0.25) is 0 Å². The van der Waals surface area contributed by atoms with Gasteiger partial charge in [-0.3, -0.25) is 14.8 Å². The lowest BCUT2D eigenvalue weighted by molar-refractivity contribution is -0.385. The van der Waals surface area contributed by atoms with Crippen molar-refractivity contribution in [3.8, 4) is 0 Å². The van der Waals surface area contributed by atoms with E-state index in [1.54, 1.807) is 12.1 Å². The molecule has 2 rings (SSSR count). The molecule has 0 aliphatic heterocycles. The van der Waals surface area contributed by atoms with E-state index in [9.17, 15) is 18.5 Å². The van der Waals surface area contributed by atoms with Crippen molar-refractivity contribution in [1.29, 1.82) is 0 Å². The normalized spacial score (nSPS) is 11.2. The third-order valence-corrected chi connectivity index (χ3v) is 5.48. The van der Waals surface area contributed by atoms with E-state index in [-0.39, 0.29) is 25.2 Å². The molecule has 1 N–H and O–H groups in total. The Morgan fingerprint density at radius 1 is 1.09 bits per heavy atom. The lowest BCUT2D eigenvalue weighted by Gasteiger charge is -2.10. The molecule has 9 heteroatoms. The van der Waals surface area contributed by atoms with Gasteiger partial charge in [-0.25, -0.2) is 8.42 Å². The number of rotatable bonds is 4. The average molecular weight is 450 g/mol. The molecule has 0 fully saturated rings. The van der Waals surface area contributed by atoms with Crippen molar-refractivity contribution in [2.24, 2.45) is 0 Å². The van der Waals surface area contributed by atoms with Gasteiger partial charge in [-0.05, 0) is 57.0 Å². The summed E-state index contributed by atoms with van der Waals surface area (Å²) in [4.78, 5) is 10.4. The van der Waals surface area contributed by atoms with Crippen LogP contribution in [0.3, 0.4) is 0 Å².